The molecule has 3 N–H and O–H groups in total. The van der Waals surface area contributed by atoms with Crippen LogP contribution in [0.15, 0.2) is 52.3 Å². The van der Waals surface area contributed by atoms with Gasteiger partial charge in [0.2, 0.25) is 20.0 Å². The molecule has 2 heterocycles. The summed E-state index contributed by atoms with van der Waals surface area (Å²) in [5.41, 5.74) is 0.806. The summed E-state index contributed by atoms with van der Waals surface area (Å²) in [6.07, 6.45) is 3.49. The molecular weight excluding hydrogens is 484 g/mol. The van der Waals surface area contributed by atoms with Gasteiger partial charge in [0.15, 0.2) is 5.13 Å². The van der Waals surface area contributed by atoms with Gasteiger partial charge in [-0.1, -0.05) is 24.7 Å². The fraction of sp³-hybridized carbons (Fsp3) is 0.333. The van der Waals surface area contributed by atoms with Crippen LogP contribution in [-0.2, 0) is 20.0 Å². The first kappa shape index (κ1) is 23.8. The van der Waals surface area contributed by atoms with Crippen LogP contribution >= 0.6 is 11.3 Å². The quantitative estimate of drug-likeness (QED) is 0.524. The number of nitrogens with zero attached hydrogens (tertiary/aromatic N) is 2. The highest BCUT2D eigenvalue weighted by Gasteiger charge is 2.32. The van der Waals surface area contributed by atoms with E-state index in [1.54, 1.807) is 4.31 Å². The van der Waals surface area contributed by atoms with Crippen molar-refractivity contribution in [2.75, 3.05) is 11.9 Å². The molecule has 1 atom stereocenters. The molecule has 1 aliphatic heterocycles. The maximum absolute atomic E-state index is 13.1. The van der Waals surface area contributed by atoms with Gasteiger partial charge in [0.05, 0.1) is 20.0 Å². The topological polar surface area (TPSA) is 140 Å². The Hall–Kier alpha value is -2.38. The van der Waals surface area contributed by atoms with Gasteiger partial charge in [-0.05, 0) is 61.7 Å². The lowest BCUT2D eigenvalue weighted by Gasteiger charge is -2.34. The summed E-state index contributed by atoms with van der Waals surface area (Å²) in [6.45, 7) is 2.50. The molecule has 4 rings (SSSR count). The van der Waals surface area contributed by atoms with Gasteiger partial charge in [0.25, 0.3) is 5.91 Å². The molecule has 1 fully saturated rings. The number of nitrogens with two attached hydrogens (primary N) is 1. The van der Waals surface area contributed by atoms with E-state index in [-0.39, 0.29) is 26.5 Å². The zero-order chi connectivity index (χ0) is 23.8. The van der Waals surface area contributed by atoms with Gasteiger partial charge in [-0.15, -0.1) is 0 Å². The molecule has 1 amide bonds. The molecule has 0 spiro atoms. The molecule has 0 saturated carbocycles. The van der Waals surface area contributed by atoms with Crippen molar-refractivity contribution < 1.29 is 21.6 Å². The zero-order valence-corrected chi connectivity index (χ0v) is 20.3. The van der Waals surface area contributed by atoms with E-state index in [1.165, 1.54) is 42.5 Å². The number of sulfonamides is 2. The molecule has 176 valence electrons. The van der Waals surface area contributed by atoms with Crippen LogP contribution in [0.3, 0.4) is 0 Å². The number of hydrogen-bond acceptors (Lipinski definition) is 7. The number of primary sulfonamides is 1. The third-order valence-corrected chi connectivity index (χ3v) is 9.49. The Kier molecular flexibility index (Phi) is 6.56. The number of fused-ring (bicyclic) bond motifs is 1. The molecule has 9 nitrogen and oxygen atoms in total. The second-order valence-electron chi connectivity index (χ2n) is 7.85. The minimum Gasteiger partial charge on any atom is -0.298 e. The Morgan fingerprint density at radius 1 is 1.12 bits per heavy atom. The highest BCUT2D eigenvalue weighted by molar-refractivity contribution is 7.89. The minimum atomic E-state index is -3.84. The van der Waals surface area contributed by atoms with Gasteiger partial charge in [-0.2, -0.15) is 4.31 Å². The smallest absolute Gasteiger partial charge is 0.257 e. The first-order valence-electron chi connectivity index (χ1n) is 10.5. The molecule has 3 aromatic rings. The lowest BCUT2D eigenvalue weighted by atomic mass is 10.0. The van der Waals surface area contributed by atoms with Gasteiger partial charge in [0, 0.05) is 18.2 Å². The van der Waals surface area contributed by atoms with Crippen LogP contribution in [0.1, 0.15) is 43.0 Å². The van der Waals surface area contributed by atoms with Crippen molar-refractivity contribution in [1.82, 2.24) is 9.29 Å². The number of anilines is 1. The van der Waals surface area contributed by atoms with Crippen molar-refractivity contribution in [3.05, 3.63) is 48.0 Å². The lowest BCUT2D eigenvalue weighted by Crippen LogP contribution is -2.43. The summed E-state index contributed by atoms with van der Waals surface area (Å²) in [7, 11) is -7.47. The molecule has 0 aliphatic carbocycles. The average molecular weight is 509 g/mol. The molecule has 2 aromatic carbocycles. The summed E-state index contributed by atoms with van der Waals surface area (Å²) < 4.78 is 51.4. The van der Waals surface area contributed by atoms with Crippen molar-refractivity contribution in [1.29, 1.82) is 0 Å². The highest BCUT2D eigenvalue weighted by atomic mass is 32.2. The fourth-order valence-corrected chi connectivity index (χ4v) is 7.20. The number of thiazole rings is 1. The van der Waals surface area contributed by atoms with Crippen molar-refractivity contribution in [2.45, 2.75) is 48.4 Å². The Labute approximate surface area is 196 Å². The second kappa shape index (κ2) is 9.11. The standard InChI is InChI=1S/C21H24N4O5S3/c1-2-15-5-3-4-12-25(15)33(29,30)16-8-6-14(7-9-16)20(26)24-21-23-18-11-10-17(32(22,27)28)13-19(18)31-21/h6-11,13,15H,2-5,12H2,1H3,(H2,22,27,28)(H,23,24,26)/t15-/m0/s1. The lowest BCUT2D eigenvalue weighted by molar-refractivity contribution is 0.102. The number of aromatic nitrogens is 1. The fourth-order valence-electron chi connectivity index (χ4n) is 3.92. The Morgan fingerprint density at radius 2 is 1.82 bits per heavy atom. The molecule has 1 aromatic heterocycles. The van der Waals surface area contributed by atoms with E-state index in [0.717, 1.165) is 37.0 Å². The van der Waals surface area contributed by atoms with Crippen molar-refractivity contribution >= 4 is 52.6 Å². The second-order valence-corrected chi connectivity index (χ2v) is 12.3. The summed E-state index contributed by atoms with van der Waals surface area (Å²) >= 11 is 1.11. The van der Waals surface area contributed by atoms with E-state index in [1.807, 2.05) is 6.92 Å². The summed E-state index contributed by atoms with van der Waals surface area (Å²) in [6, 6.07) is 10.1. The molecule has 33 heavy (non-hydrogen) atoms. The van der Waals surface area contributed by atoms with Crippen LogP contribution in [-0.4, -0.2) is 44.6 Å². The van der Waals surface area contributed by atoms with Gasteiger partial charge in [0.1, 0.15) is 0 Å². The van der Waals surface area contributed by atoms with Crippen LogP contribution in [0.2, 0.25) is 0 Å². The summed E-state index contributed by atoms with van der Waals surface area (Å²) in [5.74, 6) is -0.450. The average Bonchev–Trinajstić information content (AvgIpc) is 3.20. The van der Waals surface area contributed by atoms with E-state index in [4.69, 9.17) is 5.14 Å². The first-order valence-corrected chi connectivity index (χ1v) is 14.3. The number of piperidine rings is 1. The van der Waals surface area contributed by atoms with Crippen LogP contribution in [0.25, 0.3) is 10.2 Å². The van der Waals surface area contributed by atoms with Crippen LogP contribution < -0.4 is 10.5 Å². The number of amides is 1. The van der Waals surface area contributed by atoms with Crippen LogP contribution in [0.4, 0.5) is 5.13 Å². The largest absolute Gasteiger partial charge is 0.298 e. The predicted octanol–water partition coefficient (Wildman–Crippen LogP) is 3.15. The number of carbonyl (C=O) groups excluding carboxylic acids is 1. The zero-order valence-electron chi connectivity index (χ0n) is 17.9. The number of rotatable bonds is 6. The molecule has 1 aliphatic rings. The van der Waals surface area contributed by atoms with E-state index < -0.39 is 26.0 Å². The van der Waals surface area contributed by atoms with Crippen LogP contribution in [0, 0.1) is 0 Å². The normalized spacial score (nSPS) is 17.8. The Bertz CT molecular complexity index is 1400. The number of benzene rings is 2. The van der Waals surface area contributed by atoms with Crippen molar-refractivity contribution in [3.8, 4) is 0 Å². The predicted molar refractivity (Wildman–Crippen MR) is 127 cm³/mol. The summed E-state index contributed by atoms with van der Waals surface area (Å²) in [5, 5.41) is 8.12. The maximum atomic E-state index is 13.1. The number of hydrogen-bond donors (Lipinski definition) is 2. The molecular formula is C21H24N4O5S3. The van der Waals surface area contributed by atoms with Gasteiger partial charge in [-0.3, -0.25) is 10.1 Å². The Morgan fingerprint density at radius 3 is 2.48 bits per heavy atom. The molecule has 1 saturated heterocycles. The Balaban J connectivity index is 1.52. The van der Waals surface area contributed by atoms with Gasteiger partial charge < -0.3 is 0 Å². The number of carbonyl (C=O) groups is 1. The highest BCUT2D eigenvalue weighted by Crippen LogP contribution is 2.29. The van der Waals surface area contributed by atoms with E-state index in [0.29, 0.717) is 16.8 Å². The van der Waals surface area contributed by atoms with Gasteiger partial charge in [-0.25, -0.2) is 27.0 Å². The SMILES string of the molecule is CC[C@H]1CCCCN1S(=O)(=O)c1ccc(C(=O)Nc2nc3ccc(S(N)(=O)=O)cc3s2)cc1. The molecule has 12 heteroatoms. The minimum absolute atomic E-state index is 0.000495. The molecule has 0 unspecified atom stereocenters. The molecule has 0 radical (unpaired) electrons. The van der Waals surface area contributed by atoms with E-state index in [9.17, 15) is 21.6 Å². The van der Waals surface area contributed by atoms with Crippen molar-refractivity contribution in [3.63, 3.8) is 0 Å². The van der Waals surface area contributed by atoms with Crippen LogP contribution in [0.5, 0.6) is 0 Å². The third-order valence-electron chi connectivity index (χ3n) is 5.68. The first-order chi connectivity index (χ1) is 15.6. The summed E-state index contributed by atoms with van der Waals surface area (Å²) in [4.78, 5) is 17.1. The molecule has 0 bridgehead atoms. The maximum Gasteiger partial charge on any atom is 0.257 e. The third kappa shape index (κ3) is 4.94. The van der Waals surface area contributed by atoms with E-state index >= 15 is 0 Å². The van der Waals surface area contributed by atoms with Gasteiger partial charge >= 0.3 is 0 Å². The number of nitrogens with one attached hydrogen (secondary N) is 1. The van der Waals surface area contributed by atoms with Crippen molar-refractivity contribution in [2.24, 2.45) is 5.14 Å². The monoisotopic (exact) mass is 508 g/mol. The van der Waals surface area contributed by atoms with E-state index in [2.05, 4.69) is 10.3 Å².